The summed E-state index contributed by atoms with van der Waals surface area (Å²) in [7, 11) is 0. The van der Waals surface area contributed by atoms with Crippen molar-refractivity contribution in [2.45, 2.75) is 18.9 Å². The highest BCUT2D eigenvalue weighted by atomic mass is 32.2. The maximum atomic E-state index is 13.4. The molecule has 1 N–H and O–H groups in total. The van der Waals surface area contributed by atoms with Gasteiger partial charge in [0.2, 0.25) is 0 Å². The third-order valence-corrected chi connectivity index (χ3v) is 5.63. The number of rotatable bonds is 3. The number of imide groups is 1. The number of fused-ring (bicyclic) bond motifs is 1. The molecule has 0 aliphatic carbocycles. The molecule has 0 spiro atoms. The van der Waals surface area contributed by atoms with E-state index in [0.29, 0.717) is 22.5 Å². The van der Waals surface area contributed by atoms with Crippen molar-refractivity contribution >= 4 is 39.9 Å². The summed E-state index contributed by atoms with van der Waals surface area (Å²) in [5.74, 6) is -0.514. The number of amides is 2. The average molecular weight is 470 g/mol. The highest BCUT2D eigenvalue weighted by Crippen LogP contribution is 2.38. The number of thioether (sulfide) groups is 1. The predicted octanol–water partition coefficient (Wildman–Crippen LogP) is 6.05. The number of alkyl halides is 6. The molecule has 0 radical (unpaired) electrons. The summed E-state index contributed by atoms with van der Waals surface area (Å²) in [5, 5.41) is 2.30. The number of benzene rings is 2. The van der Waals surface area contributed by atoms with Gasteiger partial charge in [0, 0.05) is 23.6 Å². The van der Waals surface area contributed by atoms with E-state index in [1.54, 1.807) is 24.3 Å². The maximum Gasteiger partial charge on any atom is 0.416 e. The van der Waals surface area contributed by atoms with Crippen LogP contribution in [0.5, 0.6) is 0 Å². The van der Waals surface area contributed by atoms with Crippen molar-refractivity contribution in [1.82, 2.24) is 9.88 Å². The molecule has 0 bridgehead atoms. The van der Waals surface area contributed by atoms with Gasteiger partial charge in [-0.1, -0.05) is 12.1 Å². The average Bonchev–Trinajstić information content (AvgIpc) is 3.22. The topological polar surface area (TPSA) is 51.1 Å². The Kier molecular flexibility index (Phi) is 5.32. The van der Waals surface area contributed by atoms with Crippen molar-refractivity contribution < 1.29 is 35.9 Å². The van der Waals surface area contributed by atoms with E-state index in [4.69, 9.17) is 0 Å². The van der Waals surface area contributed by atoms with Crippen molar-refractivity contribution in [2.24, 2.45) is 0 Å². The number of hydrogen-bond donors (Lipinski definition) is 1. The maximum absolute atomic E-state index is 13.4. The van der Waals surface area contributed by atoms with E-state index in [1.807, 2.05) is 0 Å². The zero-order valence-corrected chi connectivity index (χ0v) is 16.7. The number of aromatic nitrogens is 1. The Morgan fingerprint density at radius 2 is 1.69 bits per heavy atom. The minimum Gasteiger partial charge on any atom is -0.343 e. The molecule has 1 fully saturated rings. The van der Waals surface area contributed by atoms with Crippen LogP contribution in [0.1, 0.15) is 22.3 Å². The van der Waals surface area contributed by atoms with Crippen LogP contribution in [-0.4, -0.2) is 15.7 Å². The number of hydrogen-bond acceptors (Lipinski definition) is 3. The molecule has 4 nitrogen and oxygen atoms in total. The highest BCUT2D eigenvalue weighted by molar-refractivity contribution is 8.18. The zero-order chi connectivity index (χ0) is 23.3. The minimum atomic E-state index is -4.95. The van der Waals surface area contributed by atoms with Gasteiger partial charge in [0.15, 0.2) is 0 Å². The molecule has 2 aromatic carbocycles. The van der Waals surface area contributed by atoms with Crippen LogP contribution in [0.25, 0.3) is 17.0 Å². The summed E-state index contributed by atoms with van der Waals surface area (Å²) in [4.78, 5) is 23.1. The fourth-order valence-electron chi connectivity index (χ4n) is 3.36. The first-order valence-electron chi connectivity index (χ1n) is 9.03. The lowest BCUT2D eigenvalue weighted by atomic mass is 10.0. The standard InChI is InChI=1S/C21H12F6N2O2S/c22-20(23,24)14-3-2-13(15(9-14)21(25,26)27)10-29-6-5-12-7-11(1-4-16(12)29)8-17-18(30)28-19(31)32-17/h1-9H,10H2,(H,28,30,31). The molecule has 4 rings (SSSR count). The summed E-state index contributed by atoms with van der Waals surface area (Å²) < 4.78 is 80.4. The zero-order valence-electron chi connectivity index (χ0n) is 15.8. The van der Waals surface area contributed by atoms with Gasteiger partial charge in [0.05, 0.1) is 16.0 Å². The van der Waals surface area contributed by atoms with Crippen LogP contribution < -0.4 is 5.32 Å². The first kappa shape index (κ1) is 22.0. The first-order valence-corrected chi connectivity index (χ1v) is 9.84. The van der Waals surface area contributed by atoms with Gasteiger partial charge >= 0.3 is 12.4 Å². The quantitative estimate of drug-likeness (QED) is 0.375. The van der Waals surface area contributed by atoms with E-state index in [0.717, 1.165) is 17.8 Å². The van der Waals surface area contributed by atoms with Crippen molar-refractivity contribution in [2.75, 3.05) is 0 Å². The second kappa shape index (κ2) is 7.73. The van der Waals surface area contributed by atoms with Gasteiger partial charge < -0.3 is 4.57 Å². The molecule has 2 amide bonds. The van der Waals surface area contributed by atoms with Gasteiger partial charge in [0.25, 0.3) is 11.1 Å². The van der Waals surface area contributed by atoms with Crippen LogP contribution in [0.4, 0.5) is 31.1 Å². The predicted molar refractivity (Wildman–Crippen MR) is 107 cm³/mol. The smallest absolute Gasteiger partial charge is 0.343 e. The first-order chi connectivity index (χ1) is 14.9. The van der Waals surface area contributed by atoms with Crippen molar-refractivity contribution in [3.8, 4) is 0 Å². The third-order valence-electron chi connectivity index (χ3n) is 4.82. The summed E-state index contributed by atoms with van der Waals surface area (Å²) in [6, 6.07) is 8.17. The van der Waals surface area contributed by atoms with Gasteiger partial charge in [-0.2, -0.15) is 26.3 Å². The number of carbonyl (C=O) groups excluding carboxylic acids is 2. The van der Waals surface area contributed by atoms with Gasteiger partial charge in [-0.15, -0.1) is 0 Å². The molecule has 0 saturated carbocycles. The molecular formula is C21H12F6N2O2S. The second-order valence-electron chi connectivity index (χ2n) is 6.98. The van der Waals surface area contributed by atoms with Crippen molar-refractivity contribution in [3.63, 3.8) is 0 Å². The molecule has 1 saturated heterocycles. The lowest BCUT2D eigenvalue weighted by Crippen LogP contribution is -2.17. The Hall–Kier alpha value is -3.21. The summed E-state index contributed by atoms with van der Waals surface area (Å²) >= 11 is 0.757. The Labute approximate surface area is 180 Å². The fourth-order valence-corrected chi connectivity index (χ4v) is 4.04. The number of nitrogens with zero attached hydrogens (tertiary/aromatic N) is 1. The van der Waals surface area contributed by atoms with Gasteiger partial charge in [-0.25, -0.2) is 0 Å². The van der Waals surface area contributed by atoms with Crippen LogP contribution in [0.3, 0.4) is 0 Å². The van der Waals surface area contributed by atoms with Crippen LogP contribution in [0, 0.1) is 0 Å². The van der Waals surface area contributed by atoms with Crippen molar-refractivity contribution in [3.05, 3.63) is 75.8 Å². The molecule has 11 heteroatoms. The Morgan fingerprint density at radius 1 is 0.938 bits per heavy atom. The highest BCUT2D eigenvalue weighted by Gasteiger charge is 2.38. The molecule has 32 heavy (non-hydrogen) atoms. The van der Waals surface area contributed by atoms with E-state index < -0.39 is 34.6 Å². The van der Waals surface area contributed by atoms with E-state index in [9.17, 15) is 35.9 Å². The van der Waals surface area contributed by atoms with E-state index in [2.05, 4.69) is 5.32 Å². The van der Waals surface area contributed by atoms with Crippen molar-refractivity contribution in [1.29, 1.82) is 0 Å². The second-order valence-corrected chi connectivity index (χ2v) is 8.00. The van der Waals surface area contributed by atoms with Gasteiger partial charge in [0.1, 0.15) is 0 Å². The van der Waals surface area contributed by atoms with E-state index >= 15 is 0 Å². The molecule has 0 unspecified atom stereocenters. The largest absolute Gasteiger partial charge is 0.416 e. The van der Waals surface area contributed by atoms with Crippen LogP contribution >= 0.6 is 11.8 Å². The fraction of sp³-hybridized carbons (Fsp3) is 0.143. The molecular weight excluding hydrogens is 458 g/mol. The number of nitrogens with one attached hydrogen (secondary N) is 1. The van der Waals surface area contributed by atoms with E-state index in [-0.39, 0.29) is 23.1 Å². The summed E-state index contributed by atoms with van der Waals surface area (Å²) in [6.07, 6.45) is -6.79. The summed E-state index contributed by atoms with van der Waals surface area (Å²) in [5.41, 5.74) is -1.85. The Morgan fingerprint density at radius 3 is 2.31 bits per heavy atom. The molecule has 1 aromatic heterocycles. The third kappa shape index (κ3) is 4.38. The summed E-state index contributed by atoms with van der Waals surface area (Å²) in [6.45, 7) is -0.288. The van der Waals surface area contributed by atoms with Crippen LogP contribution in [0.2, 0.25) is 0 Å². The number of carbonyl (C=O) groups is 2. The molecule has 2 heterocycles. The minimum absolute atomic E-state index is 0.122. The molecule has 1 aliphatic heterocycles. The molecule has 3 aromatic rings. The lowest BCUT2D eigenvalue weighted by Gasteiger charge is -2.17. The normalized spacial score (nSPS) is 16.2. The van der Waals surface area contributed by atoms with Gasteiger partial charge in [-0.05, 0) is 59.3 Å². The SMILES string of the molecule is O=C1NC(=O)C(=Cc2ccc3c(ccn3Cc3ccc(C(F)(F)F)cc3C(F)(F)F)c2)S1. The Bertz CT molecular complexity index is 1270. The molecule has 0 atom stereocenters. The van der Waals surface area contributed by atoms with E-state index in [1.165, 1.54) is 16.8 Å². The Balaban J connectivity index is 1.68. The monoisotopic (exact) mass is 470 g/mol. The van der Waals surface area contributed by atoms with Crippen LogP contribution in [-0.2, 0) is 23.7 Å². The van der Waals surface area contributed by atoms with Gasteiger partial charge in [-0.3, -0.25) is 14.9 Å². The molecule has 166 valence electrons. The molecule has 1 aliphatic rings. The lowest BCUT2D eigenvalue weighted by molar-refractivity contribution is -0.143. The van der Waals surface area contributed by atoms with Crippen LogP contribution in [0.15, 0.2) is 53.6 Å². The number of halogens is 6.